The van der Waals surface area contributed by atoms with Crippen LogP contribution in [0.5, 0.6) is 0 Å². The van der Waals surface area contributed by atoms with E-state index in [2.05, 4.69) is 11.1 Å². The molecule has 0 unspecified atom stereocenters. The molecule has 176 valence electrons. The molecule has 0 N–H and O–H groups in total. The third-order valence-corrected chi connectivity index (χ3v) is 9.91. The second kappa shape index (κ2) is 7.39. The zero-order chi connectivity index (χ0) is 22.8. The van der Waals surface area contributed by atoms with Gasteiger partial charge in [-0.2, -0.15) is 21.6 Å². The van der Waals surface area contributed by atoms with Gasteiger partial charge in [0, 0.05) is 12.3 Å². The second-order valence-electron chi connectivity index (χ2n) is 10.4. The van der Waals surface area contributed by atoms with E-state index in [1.54, 1.807) is 6.08 Å². The van der Waals surface area contributed by atoms with Crippen LogP contribution in [0.15, 0.2) is 11.8 Å². The van der Waals surface area contributed by atoms with Crippen LogP contribution in [0, 0.1) is 34.5 Å². The zero-order valence-corrected chi connectivity index (χ0v) is 19.0. The highest BCUT2D eigenvalue weighted by Crippen LogP contribution is 2.66. The Kier molecular flexibility index (Phi) is 5.46. The van der Waals surface area contributed by atoms with E-state index >= 15 is 0 Å². The van der Waals surface area contributed by atoms with Crippen molar-refractivity contribution >= 4 is 16.1 Å². The first kappa shape index (κ1) is 22.9. The first-order valence-corrected chi connectivity index (χ1v) is 12.6. The molecule has 31 heavy (non-hydrogen) atoms. The van der Waals surface area contributed by atoms with E-state index in [0.717, 1.165) is 38.5 Å². The van der Waals surface area contributed by atoms with Gasteiger partial charge in [-0.3, -0.25) is 4.79 Å². The lowest BCUT2D eigenvalue weighted by Crippen LogP contribution is -2.54. The van der Waals surface area contributed by atoms with Gasteiger partial charge in [-0.25, -0.2) is 0 Å². The minimum atomic E-state index is -5.66. The summed E-state index contributed by atoms with van der Waals surface area (Å²) in [5, 5.41) is 0. The van der Waals surface area contributed by atoms with Gasteiger partial charge in [0.25, 0.3) is 0 Å². The third-order valence-electron chi connectivity index (χ3n) is 8.94. The Hall–Kier alpha value is -1.25. The minimum Gasteiger partial charge on any atom is -0.463 e. The van der Waals surface area contributed by atoms with Crippen LogP contribution >= 0.6 is 0 Å². The van der Waals surface area contributed by atoms with E-state index in [4.69, 9.17) is 4.74 Å². The largest absolute Gasteiger partial charge is 0.534 e. The lowest BCUT2D eigenvalue weighted by molar-refractivity contribution is -0.159. The Morgan fingerprint density at radius 1 is 1.10 bits per heavy atom. The Labute approximate surface area is 181 Å². The molecule has 4 aliphatic rings. The van der Waals surface area contributed by atoms with Crippen LogP contribution in [0.3, 0.4) is 0 Å². The van der Waals surface area contributed by atoms with Crippen molar-refractivity contribution in [1.29, 1.82) is 0 Å². The molecule has 0 heterocycles. The fourth-order valence-corrected chi connectivity index (χ4v) is 7.97. The third kappa shape index (κ3) is 3.68. The van der Waals surface area contributed by atoms with E-state index in [0.29, 0.717) is 30.6 Å². The summed E-state index contributed by atoms with van der Waals surface area (Å²) in [7, 11) is -5.66. The van der Waals surface area contributed by atoms with E-state index in [9.17, 15) is 26.4 Å². The molecule has 9 heteroatoms. The Morgan fingerprint density at radius 3 is 2.45 bits per heavy atom. The molecule has 0 radical (unpaired) electrons. The topological polar surface area (TPSA) is 69.7 Å². The van der Waals surface area contributed by atoms with Crippen LogP contribution in [0.4, 0.5) is 13.2 Å². The maximum atomic E-state index is 12.9. The number of carbonyl (C=O) groups excluding carboxylic acids is 1. The molecule has 0 amide bonds. The monoisotopic (exact) mass is 464 g/mol. The van der Waals surface area contributed by atoms with Gasteiger partial charge in [0.05, 0.1) is 0 Å². The number of hydrogen-bond acceptors (Lipinski definition) is 5. The van der Waals surface area contributed by atoms with Crippen molar-refractivity contribution in [1.82, 2.24) is 0 Å². The number of alkyl halides is 3. The Balaban J connectivity index is 1.51. The molecule has 7 atom stereocenters. The lowest BCUT2D eigenvalue weighted by atomic mass is 9.45. The average molecular weight is 465 g/mol. The molecular weight excluding hydrogens is 433 g/mol. The summed E-state index contributed by atoms with van der Waals surface area (Å²) in [4.78, 5) is 11.4. The van der Waals surface area contributed by atoms with Crippen LogP contribution in [-0.4, -0.2) is 26.0 Å². The van der Waals surface area contributed by atoms with Crippen molar-refractivity contribution in [3.63, 3.8) is 0 Å². The van der Waals surface area contributed by atoms with E-state index in [-0.39, 0.29) is 29.2 Å². The van der Waals surface area contributed by atoms with Crippen molar-refractivity contribution in [2.24, 2.45) is 34.5 Å². The number of ether oxygens (including phenoxy) is 1. The molecule has 0 saturated heterocycles. The highest BCUT2D eigenvalue weighted by molar-refractivity contribution is 7.87. The summed E-state index contributed by atoms with van der Waals surface area (Å²) in [6.07, 6.45) is 8.21. The highest BCUT2D eigenvalue weighted by atomic mass is 32.2. The summed E-state index contributed by atoms with van der Waals surface area (Å²) in [6.45, 7) is 5.64. The Morgan fingerprint density at radius 2 is 1.81 bits per heavy atom. The van der Waals surface area contributed by atoms with E-state index in [1.165, 1.54) is 6.92 Å². The lowest BCUT2D eigenvalue weighted by Gasteiger charge is -2.60. The van der Waals surface area contributed by atoms with Crippen LogP contribution in [0.1, 0.15) is 72.1 Å². The summed E-state index contributed by atoms with van der Waals surface area (Å²) < 4.78 is 72.0. The minimum absolute atomic E-state index is 0.0262. The summed E-state index contributed by atoms with van der Waals surface area (Å²) in [5.74, 6) is 1.06. The van der Waals surface area contributed by atoms with Crippen LogP contribution < -0.4 is 0 Å². The normalized spacial score (nSPS) is 42.6. The molecule has 0 aromatic heterocycles. The molecule has 0 bridgehead atoms. The highest BCUT2D eigenvalue weighted by Gasteiger charge is 2.61. The van der Waals surface area contributed by atoms with Gasteiger partial charge in [-0.15, -0.1) is 0 Å². The SMILES string of the molecule is CC(=O)O[C@H]1CC[C@@]2(C)[C@H](CC[C@@H]3[C@@H]2CC[C@]2(C)C(OS(=O)(=O)C(F)(F)F)=CC[C@@H]32)C1. The second-order valence-corrected chi connectivity index (χ2v) is 11.9. The molecule has 3 fully saturated rings. The summed E-state index contributed by atoms with van der Waals surface area (Å²) >= 11 is 0. The molecule has 5 nitrogen and oxygen atoms in total. The maximum Gasteiger partial charge on any atom is 0.534 e. The molecular formula is C22H31F3O5S. The van der Waals surface area contributed by atoms with Gasteiger partial charge in [-0.1, -0.05) is 13.8 Å². The van der Waals surface area contributed by atoms with Gasteiger partial charge in [0.1, 0.15) is 11.9 Å². The standard InChI is InChI=1S/C22H31F3O5S/c1-13(26)29-15-8-10-20(2)14(12-15)4-5-16-17-6-7-19(21(17,3)11-9-18(16)20)30-31(27,28)22(23,24)25/h7,14-18H,4-6,8-12H2,1-3H3/t14-,15+,16+,17+,18+,20+,21+/m1/s1. The first-order chi connectivity index (χ1) is 14.3. The molecule has 0 aromatic rings. The summed E-state index contributed by atoms with van der Waals surface area (Å²) in [6, 6.07) is 0. The maximum absolute atomic E-state index is 12.9. The number of fused-ring (bicyclic) bond motifs is 5. The number of esters is 1. The molecule has 0 aromatic carbocycles. The van der Waals surface area contributed by atoms with Crippen molar-refractivity contribution in [3.8, 4) is 0 Å². The van der Waals surface area contributed by atoms with Crippen LogP contribution in [0.2, 0.25) is 0 Å². The number of halogens is 3. The molecule has 4 rings (SSSR count). The number of carbonyl (C=O) groups is 1. The quantitative estimate of drug-likeness (QED) is 0.321. The molecule has 0 spiro atoms. The molecule has 0 aliphatic heterocycles. The van der Waals surface area contributed by atoms with Crippen molar-refractivity contribution in [3.05, 3.63) is 11.8 Å². The predicted molar refractivity (Wildman–Crippen MR) is 107 cm³/mol. The predicted octanol–water partition coefficient (Wildman–Crippen LogP) is 5.32. The average Bonchev–Trinajstić information content (AvgIpc) is 2.96. The van der Waals surface area contributed by atoms with Crippen LogP contribution in [0.25, 0.3) is 0 Å². The van der Waals surface area contributed by atoms with Gasteiger partial charge < -0.3 is 8.92 Å². The van der Waals surface area contributed by atoms with E-state index in [1.807, 2.05) is 6.92 Å². The zero-order valence-electron chi connectivity index (χ0n) is 18.2. The van der Waals surface area contributed by atoms with Crippen molar-refractivity contribution < 1.29 is 35.3 Å². The molecule has 3 saturated carbocycles. The summed E-state index contributed by atoms with van der Waals surface area (Å²) in [5.41, 5.74) is -5.99. The van der Waals surface area contributed by atoms with Gasteiger partial charge in [-0.05, 0) is 86.5 Å². The van der Waals surface area contributed by atoms with Gasteiger partial charge in [0.15, 0.2) is 0 Å². The number of hydrogen-bond donors (Lipinski definition) is 0. The number of rotatable bonds is 3. The smallest absolute Gasteiger partial charge is 0.463 e. The molecule has 4 aliphatic carbocycles. The fourth-order valence-electron chi connectivity index (χ4n) is 7.38. The fraction of sp³-hybridized carbons (Fsp3) is 0.864. The van der Waals surface area contributed by atoms with E-state index < -0.39 is 21.0 Å². The Bertz CT molecular complexity index is 882. The first-order valence-electron chi connectivity index (χ1n) is 11.2. The number of allylic oxidation sites excluding steroid dienone is 2. The van der Waals surface area contributed by atoms with Gasteiger partial charge in [0.2, 0.25) is 0 Å². The van der Waals surface area contributed by atoms with Crippen molar-refractivity contribution in [2.75, 3.05) is 0 Å². The van der Waals surface area contributed by atoms with Gasteiger partial charge >= 0.3 is 21.6 Å². The van der Waals surface area contributed by atoms with Crippen LogP contribution in [-0.2, 0) is 23.8 Å². The van der Waals surface area contributed by atoms with Crippen molar-refractivity contribution in [2.45, 2.75) is 83.8 Å².